The Hall–Kier alpha value is -0.650. The van der Waals surface area contributed by atoms with E-state index in [-0.39, 0.29) is 0 Å². The number of hydrogen-bond acceptors (Lipinski definition) is 5. The van der Waals surface area contributed by atoms with Crippen LogP contribution in [-0.4, -0.2) is 36.2 Å². The number of thiazole rings is 1. The number of nitrogen functional groups attached to an aromatic ring is 1. The zero-order valence-corrected chi connectivity index (χ0v) is 10.2. The summed E-state index contributed by atoms with van der Waals surface area (Å²) in [5.41, 5.74) is 5.58. The molecular formula is C10H19N3OS. The maximum atomic E-state index is 5.58. The number of nitrogens with zero attached hydrogens (tertiary/aromatic N) is 2. The molecule has 4 nitrogen and oxygen atoms in total. The molecule has 0 aliphatic heterocycles. The lowest BCUT2D eigenvalue weighted by Gasteiger charge is -2.18. The van der Waals surface area contributed by atoms with Gasteiger partial charge in [-0.1, -0.05) is 6.92 Å². The van der Waals surface area contributed by atoms with Crippen LogP contribution in [0.5, 0.6) is 0 Å². The molecule has 0 aromatic carbocycles. The van der Waals surface area contributed by atoms with E-state index < -0.39 is 0 Å². The molecule has 1 aromatic heterocycles. The van der Waals surface area contributed by atoms with Crippen LogP contribution in [0, 0.1) is 0 Å². The Labute approximate surface area is 95.1 Å². The summed E-state index contributed by atoms with van der Waals surface area (Å²) >= 11 is 1.55. The maximum Gasteiger partial charge on any atom is 0.180 e. The van der Waals surface area contributed by atoms with Crippen LogP contribution in [0.4, 0.5) is 5.13 Å². The number of aromatic nitrogens is 1. The van der Waals surface area contributed by atoms with E-state index in [1.54, 1.807) is 11.3 Å². The second-order valence-corrected chi connectivity index (χ2v) is 4.38. The number of nitrogens with two attached hydrogens (primary N) is 1. The summed E-state index contributed by atoms with van der Waals surface area (Å²) in [6.45, 7) is 8.63. The van der Waals surface area contributed by atoms with Gasteiger partial charge in [0.1, 0.15) is 0 Å². The molecule has 0 unspecified atom stereocenters. The Morgan fingerprint density at radius 1 is 1.53 bits per heavy atom. The van der Waals surface area contributed by atoms with Crippen molar-refractivity contribution in [1.29, 1.82) is 0 Å². The number of rotatable bonds is 7. The van der Waals surface area contributed by atoms with E-state index in [1.165, 1.54) is 4.88 Å². The summed E-state index contributed by atoms with van der Waals surface area (Å²) in [5.74, 6) is 0. The molecule has 1 heterocycles. The van der Waals surface area contributed by atoms with Crippen molar-refractivity contribution in [3.8, 4) is 0 Å². The zero-order valence-electron chi connectivity index (χ0n) is 9.40. The molecule has 2 N–H and O–H groups in total. The van der Waals surface area contributed by atoms with Gasteiger partial charge in [-0.05, 0) is 13.5 Å². The molecular weight excluding hydrogens is 210 g/mol. The van der Waals surface area contributed by atoms with E-state index in [0.717, 1.165) is 32.8 Å². The van der Waals surface area contributed by atoms with E-state index in [9.17, 15) is 0 Å². The van der Waals surface area contributed by atoms with Gasteiger partial charge in [0.05, 0.1) is 6.61 Å². The lowest BCUT2D eigenvalue weighted by molar-refractivity contribution is 0.113. The van der Waals surface area contributed by atoms with Crippen LogP contribution in [0.15, 0.2) is 6.20 Å². The first kappa shape index (κ1) is 12.4. The van der Waals surface area contributed by atoms with Crippen LogP contribution < -0.4 is 5.73 Å². The molecule has 0 atom stereocenters. The van der Waals surface area contributed by atoms with Crippen molar-refractivity contribution >= 4 is 16.5 Å². The number of likely N-dealkylation sites (N-methyl/N-ethyl adjacent to an activating group) is 1. The van der Waals surface area contributed by atoms with Gasteiger partial charge in [0.25, 0.3) is 0 Å². The molecule has 0 saturated heterocycles. The molecule has 5 heteroatoms. The Bertz CT molecular complexity index is 277. The molecule has 1 aromatic rings. The van der Waals surface area contributed by atoms with E-state index in [4.69, 9.17) is 10.5 Å². The standard InChI is InChI=1S/C10H19N3OS/c1-3-13(5-6-14-4-2)8-9-7-12-10(11)15-9/h7H,3-6,8H2,1-2H3,(H2,11,12). The van der Waals surface area contributed by atoms with Crippen molar-refractivity contribution in [3.05, 3.63) is 11.1 Å². The zero-order chi connectivity index (χ0) is 11.1. The lowest BCUT2D eigenvalue weighted by atomic mass is 10.4. The fourth-order valence-electron chi connectivity index (χ4n) is 1.30. The molecule has 0 aliphatic rings. The average Bonchev–Trinajstić information content (AvgIpc) is 2.63. The van der Waals surface area contributed by atoms with Gasteiger partial charge >= 0.3 is 0 Å². The van der Waals surface area contributed by atoms with Crippen molar-refractivity contribution in [2.24, 2.45) is 0 Å². The quantitative estimate of drug-likeness (QED) is 0.721. The van der Waals surface area contributed by atoms with E-state index in [2.05, 4.69) is 16.8 Å². The lowest BCUT2D eigenvalue weighted by Crippen LogP contribution is -2.26. The van der Waals surface area contributed by atoms with Gasteiger partial charge in [0.15, 0.2) is 5.13 Å². The summed E-state index contributed by atoms with van der Waals surface area (Å²) < 4.78 is 5.33. The van der Waals surface area contributed by atoms with Crippen molar-refractivity contribution < 1.29 is 4.74 Å². The number of ether oxygens (including phenoxy) is 1. The summed E-state index contributed by atoms with van der Waals surface area (Å²) in [5, 5.41) is 0.644. The molecule has 15 heavy (non-hydrogen) atoms. The average molecular weight is 229 g/mol. The Balaban J connectivity index is 2.33. The highest BCUT2D eigenvalue weighted by atomic mass is 32.1. The Morgan fingerprint density at radius 2 is 2.33 bits per heavy atom. The van der Waals surface area contributed by atoms with Crippen LogP contribution in [0.1, 0.15) is 18.7 Å². The fourth-order valence-corrected chi connectivity index (χ4v) is 2.03. The van der Waals surface area contributed by atoms with Crippen molar-refractivity contribution in [2.75, 3.05) is 32.0 Å². The van der Waals surface area contributed by atoms with Crippen molar-refractivity contribution in [1.82, 2.24) is 9.88 Å². The minimum Gasteiger partial charge on any atom is -0.380 e. The second kappa shape index (κ2) is 6.76. The van der Waals surface area contributed by atoms with E-state index >= 15 is 0 Å². The smallest absolute Gasteiger partial charge is 0.180 e. The van der Waals surface area contributed by atoms with Gasteiger partial charge in [0, 0.05) is 30.8 Å². The van der Waals surface area contributed by atoms with Gasteiger partial charge in [-0.2, -0.15) is 0 Å². The van der Waals surface area contributed by atoms with Crippen LogP contribution >= 0.6 is 11.3 Å². The molecule has 0 saturated carbocycles. The third-order valence-corrected chi connectivity index (χ3v) is 2.97. The SMILES string of the molecule is CCOCCN(CC)Cc1cnc(N)s1. The van der Waals surface area contributed by atoms with Crippen molar-refractivity contribution in [2.45, 2.75) is 20.4 Å². The highest BCUT2D eigenvalue weighted by molar-refractivity contribution is 7.15. The molecule has 1 rings (SSSR count). The Morgan fingerprint density at radius 3 is 2.87 bits per heavy atom. The monoisotopic (exact) mass is 229 g/mol. The predicted octanol–water partition coefficient (Wildman–Crippen LogP) is 1.58. The molecule has 0 bridgehead atoms. The first-order chi connectivity index (χ1) is 7.26. The van der Waals surface area contributed by atoms with Crippen LogP contribution in [0.2, 0.25) is 0 Å². The van der Waals surface area contributed by atoms with Gasteiger partial charge < -0.3 is 10.5 Å². The summed E-state index contributed by atoms with van der Waals surface area (Å²) in [6, 6.07) is 0. The predicted molar refractivity (Wildman–Crippen MR) is 64.0 cm³/mol. The molecule has 86 valence electrons. The highest BCUT2D eigenvalue weighted by Crippen LogP contribution is 2.16. The van der Waals surface area contributed by atoms with Crippen molar-refractivity contribution in [3.63, 3.8) is 0 Å². The molecule has 0 fully saturated rings. The molecule has 0 radical (unpaired) electrons. The van der Waals surface area contributed by atoms with Crippen LogP contribution in [0.3, 0.4) is 0 Å². The fraction of sp³-hybridized carbons (Fsp3) is 0.700. The highest BCUT2D eigenvalue weighted by Gasteiger charge is 2.05. The number of hydrogen-bond donors (Lipinski definition) is 1. The first-order valence-electron chi connectivity index (χ1n) is 5.26. The van der Waals surface area contributed by atoms with E-state index in [1.807, 2.05) is 13.1 Å². The summed E-state index contributed by atoms with van der Waals surface area (Å²) in [7, 11) is 0. The summed E-state index contributed by atoms with van der Waals surface area (Å²) in [4.78, 5) is 7.57. The topological polar surface area (TPSA) is 51.4 Å². The van der Waals surface area contributed by atoms with Gasteiger partial charge in [-0.3, -0.25) is 4.90 Å². The third kappa shape index (κ3) is 4.59. The minimum absolute atomic E-state index is 0.644. The van der Waals surface area contributed by atoms with Gasteiger partial charge in [-0.15, -0.1) is 11.3 Å². The second-order valence-electron chi connectivity index (χ2n) is 3.23. The first-order valence-corrected chi connectivity index (χ1v) is 6.08. The normalized spacial score (nSPS) is 11.1. The largest absolute Gasteiger partial charge is 0.380 e. The number of anilines is 1. The minimum atomic E-state index is 0.644. The summed E-state index contributed by atoms with van der Waals surface area (Å²) in [6.07, 6.45) is 1.85. The Kier molecular flexibility index (Phi) is 5.60. The van der Waals surface area contributed by atoms with E-state index in [0.29, 0.717) is 5.13 Å². The maximum absolute atomic E-state index is 5.58. The molecule has 0 amide bonds. The van der Waals surface area contributed by atoms with Crippen LogP contribution in [-0.2, 0) is 11.3 Å². The molecule has 0 spiro atoms. The van der Waals surface area contributed by atoms with Gasteiger partial charge in [-0.25, -0.2) is 4.98 Å². The van der Waals surface area contributed by atoms with Crippen LogP contribution in [0.25, 0.3) is 0 Å². The molecule has 0 aliphatic carbocycles. The third-order valence-electron chi connectivity index (χ3n) is 2.15. The van der Waals surface area contributed by atoms with Gasteiger partial charge in [0.2, 0.25) is 0 Å².